The Hall–Kier alpha value is 2.13. The molecule has 0 spiro atoms. The van der Waals surface area contributed by atoms with Gasteiger partial charge >= 0.3 is 65.1 Å². The number of nitrogens with two attached hydrogens (primary N) is 1. The molecular weight excluding hydrogens is 192 g/mol. The summed E-state index contributed by atoms with van der Waals surface area (Å²) >= 11 is 3.65. The van der Waals surface area contributed by atoms with Gasteiger partial charge in [0.15, 0.2) is 0 Å². The molecule has 3 N–H and O–H groups in total. The van der Waals surface area contributed by atoms with E-state index < -0.39 is 12.0 Å². The number of carbonyl (C=O) groups is 1. The Morgan fingerprint density at radius 1 is 1.60 bits per heavy atom. The maximum Gasteiger partial charge on any atom is 1.00 e. The van der Waals surface area contributed by atoms with Crippen molar-refractivity contribution in [2.24, 2.45) is 5.73 Å². The number of aliphatic carboxylic acids is 1. The number of hydrogen-bond donors (Lipinski definition) is 3. The summed E-state index contributed by atoms with van der Waals surface area (Å²) in [5.41, 5.74) is 4.94. The maximum atomic E-state index is 9.76. The van der Waals surface area contributed by atoms with Crippen molar-refractivity contribution in [2.75, 3.05) is 5.75 Å². The zero-order valence-corrected chi connectivity index (χ0v) is 11.8. The molecule has 50 valence electrons. The summed E-state index contributed by atoms with van der Waals surface area (Å²) < 4.78 is 0. The van der Waals surface area contributed by atoms with E-state index in [1.54, 1.807) is 0 Å². The maximum absolute atomic E-state index is 9.76. The SMILES string of the molecule is N[C@@H](CS)C(=O)O.[Na+].[Na+].[S-2]. The Kier molecular flexibility index (Phi) is 31.1. The van der Waals surface area contributed by atoms with E-state index in [1.165, 1.54) is 0 Å². The predicted molar refractivity (Wildman–Crippen MR) is 36.8 cm³/mol. The van der Waals surface area contributed by atoms with Crippen molar-refractivity contribution in [3.8, 4) is 0 Å². The first-order valence-corrected chi connectivity index (χ1v) is 2.41. The molecule has 1 atom stereocenters. The minimum atomic E-state index is -1.00. The van der Waals surface area contributed by atoms with Crippen molar-refractivity contribution >= 4 is 32.1 Å². The number of rotatable bonds is 2. The third-order valence-electron chi connectivity index (χ3n) is 0.514. The van der Waals surface area contributed by atoms with Crippen molar-refractivity contribution in [1.29, 1.82) is 0 Å². The monoisotopic (exact) mass is 199 g/mol. The summed E-state index contributed by atoms with van der Waals surface area (Å²) in [4.78, 5) is 9.76. The van der Waals surface area contributed by atoms with E-state index in [-0.39, 0.29) is 78.4 Å². The van der Waals surface area contributed by atoms with Crippen LogP contribution in [0.3, 0.4) is 0 Å². The van der Waals surface area contributed by atoms with Gasteiger partial charge in [-0.3, -0.25) is 4.79 Å². The van der Waals surface area contributed by atoms with E-state index in [1.807, 2.05) is 0 Å². The molecule has 0 rings (SSSR count). The molecule has 0 unspecified atom stereocenters. The van der Waals surface area contributed by atoms with Gasteiger partial charge in [-0.2, -0.15) is 12.6 Å². The van der Waals surface area contributed by atoms with Crippen LogP contribution in [0.4, 0.5) is 0 Å². The molecule has 0 aliphatic rings. The summed E-state index contributed by atoms with van der Waals surface area (Å²) in [5.74, 6) is -0.815. The minimum absolute atomic E-state index is 0. The fraction of sp³-hybridized carbons (Fsp3) is 0.667. The molecule has 0 saturated heterocycles. The average molecular weight is 199 g/mol. The first-order valence-electron chi connectivity index (χ1n) is 1.77. The fourth-order valence-corrected chi connectivity index (χ4v) is 0.234. The molecule has 0 aliphatic heterocycles. The van der Waals surface area contributed by atoms with Crippen molar-refractivity contribution < 1.29 is 69.0 Å². The molecule has 0 heterocycles. The van der Waals surface area contributed by atoms with Crippen LogP contribution in [0.2, 0.25) is 0 Å². The van der Waals surface area contributed by atoms with Crippen LogP contribution in [0.5, 0.6) is 0 Å². The second-order valence-corrected chi connectivity index (χ2v) is 1.49. The third-order valence-corrected chi connectivity index (χ3v) is 0.907. The molecule has 0 bridgehead atoms. The van der Waals surface area contributed by atoms with Gasteiger partial charge in [-0.1, -0.05) is 0 Å². The Morgan fingerprint density at radius 3 is 1.90 bits per heavy atom. The first kappa shape index (κ1) is 22.7. The van der Waals surface area contributed by atoms with Crippen LogP contribution < -0.4 is 64.8 Å². The summed E-state index contributed by atoms with van der Waals surface area (Å²) in [5, 5.41) is 8.01. The van der Waals surface area contributed by atoms with Gasteiger partial charge in [0.05, 0.1) is 0 Å². The van der Waals surface area contributed by atoms with Gasteiger partial charge in [0, 0.05) is 5.75 Å². The minimum Gasteiger partial charge on any atom is -2.00 e. The van der Waals surface area contributed by atoms with Gasteiger partial charge in [-0.25, -0.2) is 0 Å². The number of carboxylic acid groups (broad SMARTS) is 1. The van der Waals surface area contributed by atoms with Gasteiger partial charge in [0.2, 0.25) is 0 Å². The summed E-state index contributed by atoms with van der Waals surface area (Å²) in [6, 6.07) is -0.816. The van der Waals surface area contributed by atoms with E-state index in [2.05, 4.69) is 12.6 Å². The third kappa shape index (κ3) is 12.8. The van der Waals surface area contributed by atoms with Gasteiger partial charge < -0.3 is 24.3 Å². The summed E-state index contributed by atoms with van der Waals surface area (Å²) in [6.07, 6.45) is 0. The Bertz CT molecular complexity index is 84.9. The predicted octanol–water partition coefficient (Wildman–Crippen LogP) is -6.67. The quantitative estimate of drug-likeness (QED) is 0.306. The molecule has 0 aromatic carbocycles. The van der Waals surface area contributed by atoms with Gasteiger partial charge in [0.1, 0.15) is 6.04 Å². The van der Waals surface area contributed by atoms with Crippen LogP contribution in [0.15, 0.2) is 0 Å². The number of carboxylic acids is 1. The van der Waals surface area contributed by atoms with E-state index in [9.17, 15) is 4.79 Å². The van der Waals surface area contributed by atoms with E-state index in [4.69, 9.17) is 10.8 Å². The van der Waals surface area contributed by atoms with Crippen LogP contribution in [0.25, 0.3) is 0 Å². The summed E-state index contributed by atoms with van der Waals surface area (Å²) in [7, 11) is 0. The summed E-state index contributed by atoms with van der Waals surface area (Å²) in [6.45, 7) is 0. The van der Waals surface area contributed by atoms with Gasteiger partial charge in [0.25, 0.3) is 0 Å². The Morgan fingerprint density at radius 2 is 1.90 bits per heavy atom. The molecule has 0 saturated carbocycles. The van der Waals surface area contributed by atoms with Crippen LogP contribution in [0, 0.1) is 0 Å². The van der Waals surface area contributed by atoms with Crippen molar-refractivity contribution in [2.45, 2.75) is 6.04 Å². The smallest absolute Gasteiger partial charge is 1.00 e. The second-order valence-electron chi connectivity index (χ2n) is 1.13. The van der Waals surface area contributed by atoms with Crippen molar-refractivity contribution in [3.63, 3.8) is 0 Å². The molecule has 0 aromatic rings. The zero-order valence-electron chi connectivity index (χ0n) is 6.07. The molecule has 3 nitrogen and oxygen atoms in total. The molecule has 0 aliphatic carbocycles. The van der Waals surface area contributed by atoms with Crippen LogP contribution >= 0.6 is 12.6 Å². The molecule has 0 radical (unpaired) electrons. The first-order chi connectivity index (χ1) is 3.18. The topological polar surface area (TPSA) is 63.3 Å². The largest absolute Gasteiger partial charge is 2.00 e. The molecule has 0 amide bonds. The normalized spacial score (nSPS) is 9.40. The number of hydrogen-bond acceptors (Lipinski definition) is 3. The van der Waals surface area contributed by atoms with E-state index >= 15 is 0 Å². The van der Waals surface area contributed by atoms with E-state index in [0.29, 0.717) is 0 Å². The van der Waals surface area contributed by atoms with Gasteiger partial charge in [-0.15, -0.1) is 0 Å². The second kappa shape index (κ2) is 13.7. The van der Waals surface area contributed by atoms with Crippen molar-refractivity contribution in [1.82, 2.24) is 0 Å². The zero-order chi connectivity index (χ0) is 5.86. The van der Waals surface area contributed by atoms with E-state index in [0.717, 1.165) is 0 Å². The molecule has 0 aromatic heterocycles. The van der Waals surface area contributed by atoms with Crippen LogP contribution in [-0.4, -0.2) is 22.9 Å². The van der Waals surface area contributed by atoms with Crippen LogP contribution in [-0.2, 0) is 18.3 Å². The molecular formula is C3H7NNa2O2S2. The fourth-order valence-electron chi connectivity index (χ4n) is 0.0781. The Labute approximate surface area is 117 Å². The molecule has 7 heteroatoms. The van der Waals surface area contributed by atoms with Gasteiger partial charge in [-0.05, 0) is 0 Å². The van der Waals surface area contributed by atoms with Crippen LogP contribution in [0.1, 0.15) is 0 Å². The molecule has 10 heavy (non-hydrogen) atoms. The van der Waals surface area contributed by atoms with Crippen molar-refractivity contribution in [3.05, 3.63) is 0 Å². The standard InChI is InChI=1S/C3H7NO2S.2Na.S/c4-2(1-7)3(5)6;;;/h2,7H,1,4H2,(H,5,6);;;/q;2*+1;-2/t2-;;;/m0.../s1. The Balaban J connectivity index is -0.0000000600. The average Bonchev–Trinajstić information content (AvgIpc) is 1.65. The molecule has 0 fully saturated rings. The number of thiol groups is 1.